The summed E-state index contributed by atoms with van der Waals surface area (Å²) in [4.78, 5) is 28.1. The summed E-state index contributed by atoms with van der Waals surface area (Å²) in [5.74, 6) is -0.671. The number of nitrogens with one attached hydrogen (secondary N) is 1. The number of halogens is 2. The molecule has 0 aliphatic rings. The van der Waals surface area contributed by atoms with Gasteiger partial charge in [-0.15, -0.1) is 0 Å². The third-order valence-corrected chi connectivity index (χ3v) is 8.44. The number of hydrogen-bond acceptors (Lipinski definition) is 5. The molecule has 1 N–H and O–H groups in total. The average molecular weight is 593 g/mol. The SMILES string of the molecule is CCOc1ccccc1N(CC(=O)N(Cc1ccccc1Cl)[C@@H](CC)C(=O)NC)S(=O)(=O)c1ccc(Cl)cc1. The summed E-state index contributed by atoms with van der Waals surface area (Å²) in [6.07, 6.45) is 0.301. The average Bonchev–Trinajstić information content (AvgIpc) is 2.93. The maximum atomic E-state index is 14.0. The number of ether oxygens (including phenoxy) is 1. The summed E-state index contributed by atoms with van der Waals surface area (Å²) >= 11 is 12.4. The zero-order chi connectivity index (χ0) is 28.6. The normalized spacial score (nSPS) is 11.9. The van der Waals surface area contributed by atoms with Gasteiger partial charge in [0, 0.05) is 23.6 Å². The van der Waals surface area contributed by atoms with Crippen LogP contribution in [0.3, 0.4) is 0 Å². The maximum Gasteiger partial charge on any atom is 0.264 e. The van der Waals surface area contributed by atoms with Crippen LogP contribution in [0.25, 0.3) is 0 Å². The number of nitrogens with zero attached hydrogens (tertiary/aromatic N) is 2. The fourth-order valence-corrected chi connectivity index (χ4v) is 5.83. The Morgan fingerprint density at radius 2 is 1.59 bits per heavy atom. The second-order valence-corrected chi connectivity index (χ2v) is 11.2. The maximum absolute atomic E-state index is 14.0. The Hall–Kier alpha value is -3.27. The van der Waals surface area contributed by atoms with E-state index in [0.29, 0.717) is 27.8 Å². The quantitative estimate of drug-likeness (QED) is 0.314. The van der Waals surface area contributed by atoms with Gasteiger partial charge < -0.3 is 15.0 Å². The molecular formula is C28H31Cl2N3O5S. The summed E-state index contributed by atoms with van der Waals surface area (Å²) in [5.41, 5.74) is 0.810. The molecule has 2 amide bonds. The molecule has 0 aliphatic heterocycles. The first-order chi connectivity index (χ1) is 18.6. The van der Waals surface area contributed by atoms with Crippen molar-refractivity contribution in [3.05, 3.63) is 88.4 Å². The molecule has 0 heterocycles. The van der Waals surface area contributed by atoms with Crippen molar-refractivity contribution >= 4 is 50.7 Å². The Morgan fingerprint density at radius 1 is 0.949 bits per heavy atom. The Labute approximate surface area is 239 Å². The number of carbonyl (C=O) groups excluding carboxylic acids is 2. The number of hydrogen-bond donors (Lipinski definition) is 1. The molecule has 3 aromatic carbocycles. The van der Waals surface area contributed by atoms with Crippen molar-refractivity contribution in [3.8, 4) is 5.75 Å². The number of likely N-dealkylation sites (N-methyl/N-ethyl adjacent to an activating group) is 1. The molecule has 208 valence electrons. The molecule has 1 atom stereocenters. The fraction of sp³-hybridized carbons (Fsp3) is 0.286. The van der Waals surface area contributed by atoms with Crippen molar-refractivity contribution in [2.75, 3.05) is 24.5 Å². The van der Waals surface area contributed by atoms with Crippen LogP contribution in [0.4, 0.5) is 5.69 Å². The number of anilines is 1. The predicted octanol–water partition coefficient (Wildman–Crippen LogP) is 5.14. The van der Waals surface area contributed by atoms with Gasteiger partial charge in [0.2, 0.25) is 11.8 Å². The van der Waals surface area contributed by atoms with Crippen molar-refractivity contribution in [3.63, 3.8) is 0 Å². The van der Waals surface area contributed by atoms with Crippen molar-refractivity contribution in [1.82, 2.24) is 10.2 Å². The van der Waals surface area contributed by atoms with Crippen LogP contribution in [0, 0.1) is 0 Å². The van der Waals surface area contributed by atoms with Gasteiger partial charge in [-0.05, 0) is 61.4 Å². The second kappa shape index (κ2) is 13.7. The second-order valence-electron chi connectivity index (χ2n) is 8.52. The van der Waals surface area contributed by atoms with Gasteiger partial charge in [0.25, 0.3) is 10.0 Å². The van der Waals surface area contributed by atoms with Crippen LogP contribution in [-0.4, -0.2) is 51.4 Å². The highest BCUT2D eigenvalue weighted by Gasteiger charge is 2.34. The molecule has 39 heavy (non-hydrogen) atoms. The van der Waals surface area contributed by atoms with E-state index in [1.165, 1.54) is 36.2 Å². The number of para-hydroxylation sites is 2. The van der Waals surface area contributed by atoms with Crippen LogP contribution < -0.4 is 14.4 Å². The molecule has 3 rings (SSSR count). The first kappa shape index (κ1) is 30.3. The third kappa shape index (κ3) is 7.23. The van der Waals surface area contributed by atoms with E-state index in [1.807, 2.05) is 0 Å². The molecule has 0 saturated carbocycles. The largest absolute Gasteiger partial charge is 0.492 e. The lowest BCUT2D eigenvalue weighted by atomic mass is 10.1. The first-order valence-corrected chi connectivity index (χ1v) is 14.6. The van der Waals surface area contributed by atoms with Crippen molar-refractivity contribution in [2.24, 2.45) is 0 Å². The first-order valence-electron chi connectivity index (χ1n) is 12.4. The summed E-state index contributed by atoms with van der Waals surface area (Å²) in [5, 5.41) is 3.39. The van der Waals surface area contributed by atoms with Gasteiger partial charge in [-0.25, -0.2) is 8.42 Å². The van der Waals surface area contributed by atoms with E-state index >= 15 is 0 Å². The molecular weight excluding hydrogens is 561 g/mol. The van der Waals surface area contributed by atoms with Gasteiger partial charge in [-0.3, -0.25) is 13.9 Å². The van der Waals surface area contributed by atoms with Gasteiger partial charge in [0.15, 0.2) is 0 Å². The zero-order valence-electron chi connectivity index (χ0n) is 21.9. The molecule has 0 bridgehead atoms. The highest BCUT2D eigenvalue weighted by Crippen LogP contribution is 2.33. The van der Waals surface area contributed by atoms with Crippen LogP contribution in [0.15, 0.2) is 77.7 Å². The van der Waals surface area contributed by atoms with E-state index in [1.54, 1.807) is 62.4 Å². The van der Waals surface area contributed by atoms with E-state index < -0.39 is 28.5 Å². The minimum atomic E-state index is -4.26. The monoisotopic (exact) mass is 591 g/mol. The summed E-state index contributed by atoms with van der Waals surface area (Å²) in [6.45, 7) is 3.26. The Morgan fingerprint density at radius 3 is 2.21 bits per heavy atom. The molecule has 0 radical (unpaired) electrons. The molecule has 0 unspecified atom stereocenters. The molecule has 0 aliphatic carbocycles. The lowest BCUT2D eigenvalue weighted by Gasteiger charge is -2.33. The molecule has 11 heteroatoms. The number of carbonyl (C=O) groups is 2. The van der Waals surface area contributed by atoms with Crippen molar-refractivity contribution in [2.45, 2.75) is 37.8 Å². The Bertz CT molecular complexity index is 1400. The summed E-state index contributed by atoms with van der Waals surface area (Å²) < 4.78 is 34.6. The molecule has 8 nitrogen and oxygen atoms in total. The molecule has 0 fully saturated rings. The standard InChI is InChI=1S/C28H31Cl2N3O5S/c1-4-24(28(35)31-3)32(18-20-10-6-7-11-23(20)30)27(34)19-33(25-12-8-9-13-26(25)38-5-2)39(36,37)22-16-14-21(29)15-17-22/h6-17,24H,4-5,18-19H2,1-3H3,(H,31,35)/t24-/m0/s1. The molecule has 0 spiro atoms. The van der Waals surface area contributed by atoms with Gasteiger partial charge >= 0.3 is 0 Å². The van der Waals surface area contributed by atoms with E-state index in [0.717, 1.165) is 4.31 Å². The van der Waals surface area contributed by atoms with E-state index in [2.05, 4.69) is 5.32 Å². The predicted molar refractivity (Wildman–Crippen MR) is 154 cm³/mol. The van der Waals surface area contributed by atoms with Crippen LogP contribution in [0.2, 0.25) is 10.0 Å². The zero-order valence-corrected chi connectivity index (χ0v) is 24.3. The highest BCUT2D eigenvalue weighted by molar-refractivity contribution is 7.92. The van der Waals surface area contributed by atoms with Crippen LogP contribution in [0.5, 0.6) is 5.75 Å². The van der Waals surface area contributed by atoms with Crippen LogP contribution >= 0.6 is 23.2 Å². The van der Waals surface area contributed by atoms with Gasteiger partial charge in [0.05, 0.1) is 17.2 Å². The third-order valence-electron chi connectivity index (χ3n) is 6.05. The molecule has 0 aromatic heterocycles. The van der Waals surface area contributed by atoms with Crippen molar-refractivity contribution < 1.29 is 22.7 Å². The van der Waals surface area contributed by atoms with Crippen molar-refractivity contribution in [1.29, 1.82) is 0 Å². The number of amides is 2. The topological polar surface area (TPSA) is 96.0 Å². The van der Waals surface area contributed by atoms with Gasteiger partial charge in [-0.2, -0.15) is 0 Å². The molecule has 3 aromatic rings. The number of benzene rings is 3. The molecule has 0 saturated heterocycles. The number of sulfonamides is 1. The fourth-order valence-electron chi connectivity index (χ4n) is 4.08. The Balaban J connectivity index is 2.12. The smallest absolute Gasteiger partial charge is 0.264 e. The number of rotatable bonds is 12. The van der Waals surface area contributed by atoms with Gasteiger partial charge in [0.1, 0.15) is 18.3 Å². The minimum absolute atomic E-state index is 0.00632. The summed E-state index contributed by atoms with van der Waals surface area (Å²) in [6, 6.07) is 18.4. The lowest BCUT2D eigenvalue weighted by molar-refractivity contribution is -0.140. The highest BCUT2D eigenvalue weighted by atomic mass is 35.5. The summed E-state index contributed by atoms with van der Waals surface area (Å²) in [7, 11) is -2.77. The lowest BCUT2D eigenvalue weighted by Crippen LogP contribution is -2.51. The van der Waals surface area contributed by atoms with E-state index in [4.69, 9.17) is 27.9 Å². The van der Waals surface area contributed by atoms with Crippen LogP contribution in [-0.2, 0) is 26.2 Å². The van der Waals surface area contributed by atoms with Gasteiger partial charge in [-0.1, -0.05) is 60.5 Å². The Kier molecular flexibility index (Phi) is 10.6. The van der Waals surface area contributed by atoms with Crippen LogP contribution in [0.1, 0.15) is 25.8 Å². The van der Waals surface area contributed by atoms with E-state index in [-0.39, 0.29) is 29.6 Å². The van der Waals surface area contributed by atoms with E-state index in [9.17, 15) is 18.0 Å². The minimum Gasteiger partial charge on any atom is -0.492 e.